The lowest BCUT2D eigenvalue weighted by molar-refractivity contribution is 0.0704. The van der Waals surface area contributed by atoms with Gasteiger partial charge in [0.1, 0.15) is 11.9 Å². The Bertz CT molecular complexity index is 341. The molecule has 1 aromatic rings. The van der Waals surface area contributed by atoms with E-state index in [4.69, 9.17) is 0 Å². The van der Waals surface area contributed by atoms with Crippen molar-refractivity contribution in [1.82, 2.24) is 0 Å². The number of ketones is 1. The minimum Gasteiger partial charge on any atom is -0.385 e. The number of carbonyl (C=O) groups excluding carboxylic acids is 1. The maximum absolute atomic E-state index is 12.5. The number of carbonyl (C=O) groups is 1. The number of aliphatic hydroxyl groups excluding tert-OH is 1. The average Bonchev–Trinajstić information content (AvgIpc) is 3.00. The van der Waals surface area contributed by atoms with Crippen molar-refractivity contribution in [3.05, 3.63) is 35.6 Å². The smallest absolute Gasteiger partial charge is 0.191 e. The van der Waals surface area contributed by atoms with Crippen molar-refractivity contribution in [2.24, 2.45) is 5.92 Å². The second kappa shape index (κ2) is 3.50. The van der Waals surface area contributed by atoms with Crippen molar-refractivity contribution in [3.63, 3.8) is 0 Å². The highest BCUT2D eigenvalue weighted by Crippen LogP contribution is 2.33. The SMILES string of the molecule is O=C(c1ccc(F)cc1)C(O)C1CC1. The quantitative estimate of drug-likeness (QED) is 0.745. The van der Waals surface area contributed by atoms with Gasteiger partial charge in [-0.15, -0.1) is 0 Å². The summed E-state index contributed by atoms with van der Waals surface area (Å²) in [5.74, 6) is -0.553. The maximum atomic E-state index is 12.5. The number of aliphatic hydroxyl groups is 1. The molecule has 0 amide bonds. The molecule has 0 heterocycles. The molecule has 14 heavy (non-hydrogen) atoms. The van der Waals surface area contributed by atoms with Crippen LogP contribution in [-0.4, -0.2) is 17.0 Å². The molecule has 1 fully saturated rings. The fourth-order valence-corrected chi connectivity index (χ4v) is 1.41. The van der Waals surface area contributed by atoms with Gasteiger partial charge in [-0.2, -0.15) is 0 Å². The molecule has 0 spiro atoms. The molecule has 0 bridgehead atoms. The predicted octanol–water partition coefficient (Wildman–Crippen LogP) is 1.78. The minimum atomic E-state index is -0.902. The van der Waals surface area contributed by atoms with Crippen LogP contribution in [0.4, 0.5) is 4.39 Å². The van der Waals surface area contributed by atoms with Crippen molar-refractivity contribution >= 4 is 5.78 Å². The van der Waals surface area contributed by atoms with Crippen molar-refractivity contribution in [2.75, 3.05) is 0 Å². The average molecular weight is 194 g/mol. The van der Waals surface area contributed by atoms with Crippen LogP contribution in [0.15, 0.2) is 24.3 Å². The lowest BCUT2D eigenvalue weighted by atomic mass is 10.0. The fourth-order valence-electron chi connectivity index (χ4n) is 1.41. The lowest BCUT2D eigenvalue weighted by Gasteiger charge is -2.07. The minimum absolute atomic E-state index is 0.118. The molecule has 1 aliphatic rings. The number of Topliss-reactive ketones (excluding diaryl/α,β-unsaturated/α-hetero) is 1. The van der Waals surface area contributed by atoms with Crippen LogP contribution in [0.5, 0.6) is 0 Å². The first-order valence-corrected chi connectivity index (χ1v) is 4.66. The molecule has 2 rings (SSSR count). The second-order valence-electron chi connectivity index (χ2n) is 3.65. The highest BCUT2D eigenvalue weighted by molar-refractivity contribution is 5.99. The van der Waals surface area contributed by atoms with Crippen molar-refractivity contribution in [3.8, 4) is 0 Å². The Morgan fingerprint density at radius 2 is 1.93 bits per heavy atom. The largest absolute Gasteiger partial charge is 0.385 e. The second-order valence-corrected chi connectivity index (χ2v) is 3.65. The van der Waals surface area contributed by atoms with Crippen LogP contribution in [0.25, 0.3) is 0 Å². The summed E-state index contributed by atoms with van der Waals surface area (Å²) in [5.41, 5.74) is 0.380. The summed E-state index contributed by atoms with van der Waals surface area (Å²) in [6.07, 6.45) is 0.919. The molecule has 1 N–H and O–H groups in total. The molecular formula is C11H11FO2. The zero-order chi connectivity index (χ0) is 10.1. The molecular weight excluding hydrogens is 183 g/mol. The first-order chi connectivity index (χ1) is 6.68. The van der Waals surface area contributed by atoms with Crippen LogP contribution in [-0.2, 0) is 0 Å². The molecule has 3 heteroatoms. The van der Waals surface area contributed by atoms with Crippen LogP contribution in [0.2, 0.25) is 0 Å². The Kier molecular flexibility index (Phi) is 2.33. The highest BCUT2D eigenvalue weighted by atomic mass is 19.1. The van der Waals surface area contributed by atoms with Gasteiger partial charge in [-0.3, -0.25) is 4.79 Å². The Balaban J connectivity index is 2.13. The summed E-state index contributed by atoms with van der Waals surface area (Å²) in [6.45, 7) is 0. The summed E-state index contributed by atoms with van der Waals surface area (Å²) in [4.78, 5) is 11.6. The van der Waals surface area contributed by atoms with E-state index in [-0.39, 0.29) is 17.5 Å². The van der Waals surface area contributed by atoms with E-state index in [0.29, 0.717) is 5.56 Å². The standard InChI is InChI=1S/C11H11FO2/c12-9-5-3-8(4-6-9)11(14)10(13)7-1-2-7/h3-7,10,13H,1-2H2. The van der Waals surface area contributed by atoms with Gasteiger partial charge in [0.2, 0.25) is 0 Å². The number of rotatable bonds is 3. The van der Waals surface area contributed by atoms with Crippen LogP contribution in [0, 0.1) is 11.7 Å². The van der Waals surface area contributed by atoms with E-state index >= 15 is 0 Å². The van der Waals surface area contributed by atoms with Gasteiger partial charge in [0.15, 0.2) is 5.78 Å². The summed E-state index contributed by atoms with van der Waals surface area (Å²) in [6, 6.07) is 5.27. The Hall–Kier alpha value is -1.22. The monoisotopic (exact) mass is 194 g/mol. The number of hydrogen-bond donors (Lipinski definition) is 1. The number of benzene rings is 1. The molecule has 1 aliphatic carbocycles. The van der Waals surface area contributed by atoms with E-state index in [9.17, 15) is 14.3 Å². The summed E-state index contributed by atoms with van der Waals surface area (Å²) in [7, 11) is 0. The summed E-state index contributed by atoms with van der Waals surface area (Å²) < 4.78 is 12.5. The Morgan fingerprint density at radius 3 is 2.43 bits per heavy atom. The predicted molar refractivity (Wildman–Crippen MR) is 49.5 cm³/mol. The normalized spacial score (nSPS) is 17.9. The third kappa shape index (κ3) is 1.82. The molecule has 1 aromatic carbocycles. The van der Waals surface area contributed by atoms with Crippen LogP contribution < -0.4 is 0 Å². The zero-order valence-corrected chi connectivity index (χ0v) is 7.61. The number of hydrogen-bond acceptors (Lipinski definition) is 2. The van der Waals surface area contributed by atoms with E-state index in [1.165, 1.54) is 24.3 Å². The van der Waals surface area contributed by atoms with Gasteiger partial charge in [-0.05, 0) is 43.0 Å². The van der Waals surface area contributed by atoms with E-state index in [2.05, 4.69) is 0 Å². The molecule has 2 nitrogen and oxygen atoms in total. The molecule has 0 aliphatic heterocycles. The zero-order valence-electron chi connectivity index (χ0n) is 7.61. The third-order valence-corrected chi connectivity index (χ3v) is 2.47. The van der Waals surface area contributed by atoms with Gasteiger partial charge in [-0.1, -0.05) is 0 Å². The molecule has 0 aromatic heterocycles. The topological polar surface area (TPSA) is 37.3 Å². The Morgan fingerprint density at radius 1 is 1.36 bits per heavy atom. The van der Waals surface area contributed by atoms with Crippen molar-refractivity contribution < 1.29 is 14.3 Å². The van der Waals surface area contributed by atoms with E-state index < -0.39 is 6.10 Å². The molecule has 1 saturated carbocycles. The third-order valence-electron chi connectivity index (χ3n) is 2.47. The number of halogens is 1. The van der Waals surface area contributed by atoms with Gasteiger partial charge in [-0.25, -0.2) is 4.39 Å². The molecule has 74 valence electrons. The summed E-state index contributed by atoms with van der Waals surface area (Å²) >= 11 is 0. The van der Waals surface area contributed by atoms with E-state index in [1.807, 2.05) is 0 Å². The van der Waals surface area contributed by atoms with Crippen molar-refractivity contribution in [1.29, 1.82) is 0 Å². The fraction of sp³-hybridized carbons (Fsp3) is 0.364. The van der Waals surface area contributed by atoms with Crippen LogP contribution >= 0.6 is 0 Å². The molecule has 0 radical (unpaired) electrons. The van der Waals surface area contributed by atoms with Crippen molar-refractivity contribution in [2.45, 2.75) is 18.9 Å². The van der Waals surface area contributed by atoms with Gasteiger partial charge < -0.3 is 5.11 Å². The lowest BCUT2D eigenvalue weighted by Crippen LogP contribution is -2.22. The van der Waals surface area contributed by atoms with Gasteiger partial charge >= 0.3 is 0 Å². The summed E-state index contributed by atoms with van der Waals surface area (Å²) in [5, 5.41) is 9.54. The van der Waals surface area contributed by atoms with E-state index in [0.717, 1.165) is 12.8 Å². The van der Waals surface area contributed by atoms with Gasteiger partial charge in [0.05, 0.1) is 0 Å². The maximum Gasteiger partial charge on any atom is 0.191 e. The highest BCUT2D eigenvalue weighted by Gasteiger charge is 2.34. The van der Waals surface area contributed by atoms with Crippen LogP contribution in [0.3, 0.4) is 0 Å². The van der Waals surface area contributed by atoms with E-state index in [1.54, 1.807) is 0 Å². The van der Waals surface area contributed by atoms with Crippen LogP contribution in [0.1, 0.15) is 23.2 Å². The molecule has 1 unspecified atom stereocenters. The van der Waals surface area contributed by atoms with Gasteiger partial charge in [0, 0.05) is 5.56 Å². The molecule has 1 atom stereocenters. The van der Waals surface area contributed by atoms with Gasteiger partial charge in [0.25, 0.3) is 0 Å². The first kappa shape index (κ1) is 9.34. The Labute approximate surface area is 81.4 Å². The molecule has 0 saturated heterocycles. The first-order valence-electron chi connectivity index (χ1n) is 4.66.